The van der Waals surface area contributed by atoms with Crippen molar-refractivity contribution in [1.29, 1.82) is 5.26 Å². The van der Waals surface area contributed by atoms with Crippen LogP contribution in [-0.4, -0.2) is 44.5 Å². The van der Waals surface area contributed by atoms with E-state index in [2.05, 4.69) is 18.3 Å². The summed E-state index contributed by atoms with van der Waals surface area (Å²) in [5, 5.41) is 9.09. The number of hydrogen-bond donors (Lipinski definition) is 2. The van der Waals surface area contributed by atoms with Gasteiger partial charge < -0.3 is 4.90 Å². The molecule has 2 N–H and O–H groups in total. The molecule has 0 radical (unpaired) electrons. The lowest BCUT2D eigenvalue weighted by Crippen LogP contribution is -2.47. The summed E-state index contributed by atoms with van der Waals surface area (Å²) in [5.74, 6) is 0. The molecule has 1 unspecified atom stereocenters. The second-order valence-electron chi connectivity index (χ2n) is 6.76. The quantitative estimate of drug-likeness (QED) is 0.785. The summed E-state index contributed by atoms with van der Waals surface area (Å²) >= 11 is 0. The molecule has 7 heteroatoms. The second-order valence-corrected chi connectivity index (χ2v) is 8.76. The summed E-state index contributed by atoms with van der Waals surface area (Å²) in [4.78, 5) is 1.67. The highest BCUT2D eigenvalue weighted by molar-refractivity contribution is 8.23. The number of benzene rings is 2. The third kappa shape index (κ3) is 2.81. The van der Waals surface area contributed by atoms with Crippen LogP contribution in [0.2, 0.25) is 0 Å². The largest absolute Gasteiger partial charge is 0.309 e. The smallest absolute Gasteiger partial charge is 0.179 e. The normalized spacial score (nSPS) is 23.4. The van der Waals surface area contributed by atoms with Crippen molar-refractivity contribution < 1.29 is 9.11 Å². The van der Waals surface area contributed by atoms with Crippen molar-refractivity contribution in [2.75, 3.05) is 24.4 Å². The van der Waals surface area contributed by atoms with E-state index in [0.29, 0.717) is 19.6 Å². The Morgan fingerprint density at radius 2 is 1.88 bits per heavy atom. The molecule has 2 aromatic rings. The molecule has 2 aliphatic heterocycles. The standard InChI is InChI=1S/C19H22N4O2S/c1-21-19-11-16(15-5-3-2-4-6-15)7-8-17(19)12-23(26(21,24)25)18-9-10-22(13-18)14-20/h2-8,11,18,24-25H,9-10,12-13H2,1H3. The third-order valence-corrected chi connectivity index (χ3v) is 7.24. The molecule has 1 saturated heterocycles. The molecule has 6 nitrogen and oxygen atoms in total. The molecule has 0 amide bonds. The van der Waals surface area contributed by atoms with Gasteiger partial charge in [0.25, 0.3) is 0 Å². The van der Waals surface area contributed by atoms with E-state index in [-0.39, 0.29) is 6.04 Å². The van der Waals surface area contributed by atoms with Gasteiger partial charge >= 0.3 is 0 Å². The third-order valence-electron chi connectivity index (χ3n) is 5.25. The van der Waals surface area contributed by atoms with Crippen molar-refractivity contribution in [1.82, 2.24) is 9.21 Å². The summed E-state index contributed by atoms with van der Waals surface area (Å²) in [6.07, 6.45) is 2.91. The van der Waals surface area contributed by atoms with Crippen LogP contribution in [0.3, 0.4) is 0 Å². The molecule has 2 aliphatic rings. The van der Waals surface area contributed by atoms with Gasteiger partial charge in [-0.15, -0.1) is 0 Å². The lowest BCUT2D eigenvalue weighted by molar-refractivity contribution is 0.271. The lowest BCUT2D eigenvalue weighted by atomic mass is 10.0. The van der Waals surface area contributed by atoms with Gasteiger partial charge in [0.2, 0.25) is 0 Å². The van der Waals surface area contributed by atoms with Crippen LogP contribution in [0.1, 0.15) is 12.0 Å². The number of fused-ring (bicyclic) bond motifs is 1. The van der Waals surface area contributed by atoms with Crippen LogP contribution in [0.15, 0.2) is 48.5 Å². The summed E-state index contributed by atoms with van der Waals surface area (Å²) in [7, 11) is -1.37. The van der Waals surface area contributed by atoms with E-state index in [1.54, 1.807) is 20.6 Å². The Labute approximate surface area is 155 Å². The zero-order chi connectivity index (χ0) is 18.3. The molecule has 4 rings (SSSR count). The van der Waals surface area contributed by atoms with Crippen LogP contribution < -0.4 is 4.31 Å². The van der Waals surface area contributed by atoms with E-state index in [0.717, 1.165) is 28.8 Å². The first kappa shape index (κ1) is 17.2. The molecule has 2 heterocycles. The number of rotatable bonds is 2. The zero-order valence-electron chi connectivity index (χ0n) is 14.6. The fourth-order valence-electron chi connectivity index (χ4n) is 3.74. The SMILES string of the molecule is CN1c2cc(-c3ccccc3)ccc2CN(C2CCN(C#N)C2)S1(O)O. The molecular formula is C19H22N4O2S. The Morgan fingerprint density at radius 1 is 1.12 bits per heavy atom. The summed E-state index contributed by atoms with van der Waals surface area (Å²) in [5.41, 5.74) is 4.06. The second kappa shape index (κ2) is 6.49. The average Bonchev–Trinajstić information content (AvgIpc) is 3.14. The number of anilines is 1. The number of likely N-dealkylation sites (tertiary alicyclic amines) is 1. The van der Waals surface area contributed by atoms with Crippen LogP contribution in [-0.2, 0) is 6.54 Å². The molecule has 0 spiro atoms. The van der Waals surface area contributed by atoms with Crippen LogP contribution in [0.4, 0.5) is 5.69 Å². The molecule has 0 aromatic heterocycles. The van der Waals surface area contributed by atoms with E-state index in [4.69, 9.17) is 5.26 Å². The molecule has 1 fully saturated rings. The first-order chi connectivity index (χ1) is 12.5. The zero-order valence-corrected chi connectivity index (χ0v) is 15.4. The Morgan fingerprint density at radius 3 is 2.58 bits per heavy atom. The average molecular weight is 370 g/mol. The maximum Gasteiger partial charge on any atom is 0.179 e. The molecule has 1 atom stereocenters. The Kier molecular flexibility index (Phi) is 4.29. The maximum atomic E-state index is 10.9. The van der Waals surface area contributed by atoms with Gasteiger partial charge in [0.1, 0.15) is 0 Å². The van der Waals surface area contributed by atoms with Crippen molar-refractivity contribution in [2.45, 2.75) is 19.0 Å². The van der Waals surface area contributed by atoms with E-state index in [1.807, 2.05) is 36.4 Å². The highest BCUT2D eigenvalue weighted by Gasteiger charge is 2.41. The minimum atomic E-state index is -3.10. The first-order valence-corrected chi connectivity index (χ1v) is 10.1. The van der Waals surface area contributed by atoms with Gasteiger partial charge in [0, 0.05) is 26.7 Å². The predicted molar refractivity (Wildman–Crippen MR) is 104 cm³/mol. The summed E-state index contributed by atoms with van der Waals surface area (Å²) in [6, 6.07) is 16.2. The van der Waals surface area contributed by atoms with Gasteiger partial charge in [0.15, 0.2) is 6.19 Å². The monoisotopic (exact) mass is 370 g/mol. The highest BCUT2D eigenvalue weighted by Crippen LogP contribution is 2.56. The Hall–Kier alpha value is -2.24. The van der Waals surface area contributed by atoms with Crippen LogP contribution in [0.25, 0.3) is 11.1 Å². The highest BCUT2D eigenvalue weighted by atomic mass is 32.3. The maximum absolute atomic E-state index is 10.9. The van der Waals surface area contributed by atoms with Gasteiger partial charge in [-0.25, -0.2) is 0 Å². The van der Waals surface area contributed by atoms with E-state index < -0.39 is 11.0 Å². The summed E-state index contributed by atoms with van der Waals surface area (Å²) in [6.45, 7) is 1.68. The molecule has 2 aromatic carbocycles. The van der Waals surface area contributed by atoms with E-state index in [9.17, 15) is 9.11 Å². The van der Waals surface area contributed by atoms with Crippen molar-refractivity contribution in [3.8, 4) is 17.3 Å². The Bertz CT molecular complexity index is 852. The van der Waals surface area contributed by atoms with E-state index >= 15 is 0 Å². The van der Waals surface area contributed by atoms with Gasteiger partial charge in [-0.05, 0) is 29.2 Å². The fourth-order valence-corrected chi connectivity index (χ4v) is 5.37. The van der Waals surface area contributed by atoms with Crippen LogP contribution in [0.5, 0.6) is 0 Å². The van der Waals surface area contributed by atoms with Gasteiger partial charge in [-0.2, -0.15) is 9.57 Å². The minimum absolute atomic E-state index is 0.0379. The van der Waals surface area contributed by atoms with Crippen LogP contribution >= 0.6 is 11.0 Å². The topological polar surface area (TPSA) is 74.0 Å². The lowest BCUT2D eigenvalue weighted by Gasteiger charge is -2.54. The number of nitriles is 1. The van der Waals surface area contributed by atoms with Gasteiger partial charge in [0.05, 0.1) is 11.7 Å². The molecular weight excluding hydrogens is 348 g/mol. The Balaban J connectivity index is 1.68. The van der Waals surface area contributed by atoms with Crippen molar-refractivity contribution in [3.05, 3.63) is 54.1 Å². The number of hydrogen-bond acceptors (Lipinski definition) is 6. The molecule has 0 aliphatic carbocycles. The predicted octanol–water partition coefficient (Wildman–Crippen LogP) is 3.74. The van der Waals surface area contributed by atoms with Crippen molar-refractivity contribution in [2.24, 2.45) is 0 Å². The van der Waals surface area contributed by atoms with Crippen molar-refractivity contribution >= 4 is 16.6 Å². The molecule has 0 saturated carbocycles. The van der Waals surface area contributed by atoms with Crippen molar-refractivity contribution in [3.63, 3.8) is 0 Å². The molecule has 0 bridgehead atoms. The first-order valence-electron chi connectivity index (χ1n) is 8.62. The fraction of sp³-hybridized carbons (Fsp3) is 0.316. The number of nitrogens with zero attached hydrogens (tertiary/aromatic N) is 4. The van der Waals surface area contributed by atoms with E-state index in [1.165, 1.54) is 0 Å². The molecule has 136 valence electrons. The molecule has 26 heavy (non-hydrogen) atoms. The van der Waals surface area contributed by atoms with Gasteiger partial charge in [-0.1, -0.05) is 53.4 Å². The van der Waals surface area contributed by atoms with Gasteiger partial charge in [-0.3, -0.25) is 13.4 Å². The summed E-state index contributed by atoms with van der Waals surface area (Å²) < 4.78 is 25.2. The minimum Gasteiger partial charge on any atom is -0.309 e. The van der Waals surface area contributed by atoms with Crippen LogP contribution in [0, 0.1) is 11.5 Å².